The summed E-state index contributed by atoms with van der Waals surface area (Å²) in [5.74, 6) is 3.15. The monoisotopic (exact) mass is 440 g/mol. The first-order valence-corrected chi connectivity index (χ1v) is 13.6. The molecule has 0 radical (unpaired) electrons. The largest absolute Gasteiger partial charge is 0.299 e. The molecule has 0 aromatic heterocycles. The van der Waals surface area contributed by atoms with Crippen molar-refractivity contribution >= 4 is 11.6 Å². The van der Waals surface area contributed by atoms with E-state index in [2.05, 4.69) is 55.4 Å². The van der Waals surface area contributed by atoms with Crippen LogP contribution >= 0.6 is 0 Å². The predicted molar refractivity (Wildman–Crippen MR) is 132 cm³/mol. The average Bonchev–Trinajstić information content (AvgIpc) is 2.98. The fourth-order valence-corrected chi connectivity index (χ4v) is 9.17. The Morgan fingerprint density at radius 3 is 2.25 bits per heavy atom. The zero-order chi connectivity index (χ0) is 23.7. The number of ketones is 2. The summed E-state index contributed by atoms with van der Waals surface area (Å²) in [4.78, 5) is 26.7. The van der Waals surface area contributed by atoms with Gasteiger partial charge in [0.05, 0.1) is 0 Å². The van der Waals surface area contributed by atoms with E-state index >= 15 is 0 Å². The molecule has 32 heavy (non-hydrogen) atoms. The standard InChI is InChI=1S/C30H48O2/c1-19(2)10-9-11-20(3)21-12-17-30(8)26-22(13-16-29(21,30)7)28(6)15-14-25(32)27(4,5)24(28)18-23(26)31/h19-21,24H,9-18H2,1-8H3/t20-,21-,24+,28-,29-,30+/m1/s1. The van der Waals surface area contributed by atoms with E-state index in [9.17, 15) is 9.59 Å². The van der Waals surface area contributed by atoms with Gasteiger partial charge >= 0.3 is 0 Å². The summed E-state index contributed by atoms with van der Waals surface area (Å²) in [6, 6.07) is 0. The van der Waals surface area contributed by atoms with Crippen LogP contribution in [-0.2, 0) is 9.59 Å². The van der Waals surface area contributed by atoms with Gasteiger partial charge in [0.1, 0.15) is 5.78 Å². The van der Waals surface area contributed by atoms with Crippen LogP contribution in [-0.4, -0.2) is 11.6 Å². The van der Waals surface area contributed by atoms with Crippen LogP contribution in [0.4, 0.5) is 0 Å². The van der Waals surface area contributed by atoms with Crippen molar-refractivity contribution in [2.24, 2.45) is 45.3 Å². The highest BCUT2D eigenvalue weighted by Gasteiger charge is 2.65. The van der Waals surface area contributed by atoms with Crippen LogP contribution < -0.4 is 0 Å². The summed E-state index contributed by atoms with van der Waals surface area (Å²) in [7, 11) is 0. The lowest BCUT2D eigenvalue weighted by Crippen LogP contribution is -2.56. The Balaban J connectivity index is 1.69. The molecule has 2 saturated carbocycles. The topological polar surface area (TPSA) is 34.1 Å². The van der Waals surface area contributed by atoms with Gasteiger partial charge in [-0.15, -0.1) is 0 Å². The van der Waals surface area contributed by atoms with E-state index in [4.69, 9.17) is 0 Å². The van der Waals surface area contributed by atoms with Gasteiger partial charge in [-0.1, -0.05) is 80.2 Å². The molecule has 0 aromatic rings. The van der Waals surface area contributed by atoms with Crippen LogP contribution in [0.15, 0.2) is 11.1 Å². The summed E-state index contributed by atoms with van der Waals surface area (Å²) in [6.07, 6.45) is 10.9. The number of allylic oxidation sites excluding steroid dienone is 2. The first-order valence-electron chi connectivity index (χ1n) is 13.6. The lowest BCUT2D eigenvalue weighted by Gasteiger charge is -2.60. The lowest BCUT2D eigenvalue weighted by atomic mass is 9.43. The van der Waals surface area contributed by atoms with Crippen molar-refractivity contribution in [2.75, 3.05) is 0 Å². The maximum atomic E-state index is 13.9. The summed E-state index contributed by atoms with van der Waals surface area (Å²) in [5, 5.41) is 0. The molecule has 0 bridgehead atoms. The SMILES string of the molecule is CC(C)CCC[C@@H](C)[C@H]1CC[C@@]2(C)C3=C(CC[C@]12C)[C@@]1(C)CCC(=O)C(C)(C)[C@@H]1CC3=O. The van der Waals surface area contributed by atoms with Crippen LogP contribution in [0.5, 0.6) is 0 Å². The van der Waals surface area contributed by atoms with Gasteiger partial charge in [0, 0.05) is 29.2 Å². The van der Waals surface area contributed by atoms with Crippen LogP contribution in [0.25, 0.3) is 0 Å². The van der Waals surface area contributed by atoms with Gasteiger partial charge in [-0.2, -0.15) is 0 Å². The van der Waals surface area contributed by atoms with Crippen LogP contribution in [0.3, 0.4) is 0 Å². The van der Waals surface area contributed by atoms with Crippen LogP contribution in [0, 0.1) is 45.3 Å². The number of fused-ring (bicyclic) bond motifs is 4. The van der Waals surface area contributed by atoms with E-state index in [1.807, 2.05) is 0 Å². The molecular formula is C30H48O2. The number of carbonyl (C=O) groups excluding carboxylic acids is 2. The first-order chi connectivity index (χ1) is 14.8. The molecule has 2 heteroatoms. The van der Waals surface area contributed by atoms with Gasteiger partial charge in [-0.3, -0.25) is 9.59 Å². The van der Waals surface area contributed by atoms with Gasteiger partial charge in [-0.05, 0) is 66.6 Å². The highest BCUT2D eigenvalue weighted by atomic mass is 16.1. The molecule has 0 amide bonds. The zero-order valence-electron chi connectivity index (χ0n) is 22.2. The predicted octanol–water partition coefficient (Wildman–Crippen LogP) is 7.95. The molecule has 4 aliphatic rings. The summed E-state index contributed by atoms with van der Waals surface area (Å²) in [6.45, 7) is 18.7. The summed E-state index contributed by atoms with van der Waals surface area (Å²) < 4.78 is 0. The number of carbonyl (C=O) groups is 2. The number of Topliss-reactive ketones (excluding diaryl/α,β-unsaturated/α-hetero) is 2. The molecule has 0 N–H and O–H groups in total. The van der Waals surface area contributed by atoms with Crippen LogP contribution in [0.2, 0.25) is 0 Å². The minimum absolute atomic E-state index is 0.00815. The minimum atomic E-state index is -0.383. The quantitative estimate of drug-likeness (QED) is 0.434. The van der Waals surface area contributed by atoms with Crippen molar-refractivity contribution in [2.45, 2.75) is 120 Å². The van der Waals surface area contributed by atoms with E-state index in [1.165, 1.54) is 43.3 Å². The Morgan fingerprint density at radius 2 is 1.59 bits per heavy atom. The third-order valence-corrected chi connectivity index (χ3v) is 11.5. The Labute approximate surface area is 197 Å². The van der Waals surface area contributed by atoms with E-state index in [0.717, 1.165) is 37.0 Å². The second-order valence-electron chi connectivity index (χ2n) is 13.8. The summed E-state index contributed by atoms with van der Waals surface area (Å²) in [5.41, 5.74) is 2.56. The highest BCUT2D eigenvalue weighted by molar-refractivity contribution is 6.00. The smallest absolute Gasteiger partial charge is 0.159 e. The van der Waals surface area contributed by atoms with Crippen molar-refractivity contribution < 1.29 is 9.59 Å². The van der Waals surface area contributed by atoms with Gasteiger partial charge in [0.15, 0.2) is 5.78 Å². The number of rotatable bonds is 5. The third-order valence-electron chi connectivity index (χ3n) is 11.5. The van der Waals surface area contributed by atoms with Crippen LogP contribution in [0.1, 0.15) is 120 Å². The molecule has 0 saturated heterocycles. The molecule has 4 rings (SSSR count). The lowest BCUT2D eigenvalue weighted by molar-refractivity contribution is -0.142. The van der Waals surface area contributed by atoms with Gasteiger partial charge < -0.3 is 0 Å². The second-order valence-corrected chi connectivity index (χ2v) is 13.8. The van der Waals surface area contributed by atoms with E-state index < -0.39 is 0 Å². The van der Waals surface area contributed by atoms with Crippen molar-refractivity contribution in [3.63, 3.8) is 0 Å². The molecule has 0 aromatic carbocycles. The molecule has 0 heterocycles. The second kappa shape index (κ2) is 7.81. The Hall–Kier alpha value is -0.920. The maximum absolute atomic E-state index is 13.9. The Morgan fingerprint density at radius 1 is 0.906 bits per heavy atom. The highest BCUT2D eigenvalue weighted by Crippen LogP contribution is 2.71. The van der Waals surface area contributed by atoms with Crippen molar-refractivity contribution in [1.29, 1.82) is 0 Å². The number of hydrogen-bond acceptors (Lipinski definition) is 2. The molecule has 2 fully saturated rings. The molecular weight excluding hydrogens is 392 g/mol. The molecule has 0 unspecified atom stereocenters. The molecule has 0 spiro atoms. The Kier molecular flexibility index (Phi) is 5.91. The van der Waals surface area contributed by atoms with Gasteiger partial charge in [0.25, 0.3) is 0 Å². The fourth-order valence-electron chi connectivity index (χ4n) is 9.17. The molecule has 0 aliphatic heterocycles. The molecule has 6 atom stereocenters. The molecule has 180 valence electrons. The average molecular weight is 441 g/mol. The Bertz CT molecular complexity index is 832. The summed E-state index contributed by atoms with van der Waals surface area (Å²) >= 11 is 0. The van der Waals surface area contributed by atoms with Crippen molar-refractivity contribution in [1.82, 2.24) is 0 Å². The van der Waals surface area contributed by atoms with Crippen molar-refractivity contribution in [3.8, 4) is 0 Å². The van der Waals surface area contributed by atoms with E-state index in [0.29, 0.717) is 24.4 Å². The molecule has 2 nitrogen and oxygen atoms in total. The normalized spacial score (nSPS) is 42.0. The third kappa shape index (κ3) is 3.24. The van der Waals surface area contributed by atoms with E-state index in [1.54, 1.807) is 0 Å². The fraction of sp³-hybridized carbons (Fsp3) is 0.867. The van der Waals surface area contributed by atoms with Gasteiger partial charge in [-0.25, -0.2) is 0 Å². The minimum Gasteiger partial charge on any atom is -0.299 e. The van der Waals surface area contributed by atoms with Gasteiger partial charge in [0.2, 0.25) is 0 Å². The first kappa shape index (κ1) is 24.2. The number of hydrogen-bond donors (Lipinski definition) is 0. The molecule has 4 aliphatic carbocycles. The van der Waals surface area contributed by atoms with E-state index in [-0.39, 0.29) is 27.6 Å². The maximum Gasteiger partial charge on any atom is 0.159 e. The zero-order valence-corrected chi connectivity index (χ0v) is 22.2. The van der Waals surface area contributed by atoms with Crippen molar-refractivity contribution in [3.05, 3.63) is 11.1 Å².